The van der Waals surface area contributed by atoms with Crippen LogP contribution >= 0.6 is 11.6 Å². The maximum Gasteiger partial charge on any atom is 0.0871 e. The number of benzene rings is 1. The van der Waals surface area contributed by atoms with Gasteiger partial charge in [0.2, 0.25) is 0 Å². The largest absolute Gasteiger partial charge is 0.373 e. The fraction of sp³-hybridized carbons (Fsp3) is 0.467. The lowest BCUT2D eigenvalue weighted by atomic mass is 10.2. The lowest BCUT2D eigenvalue weighted by molar-refractivity contribution is 0.0615. The Hall–Kier alpha value is -0.990. The van der Waals surface area contributed by atoms with Crippen molar-refractivity contribution < 1.29 is 4.74 Å². The Bertz CT molecular complexity index is 543. The first-order chi connectivity index (χ1) is 8.49. The Balaban J connectivity index is 2.48. The van der Waals surface area contributed by atoms with E-state index in [0.717, 1.165) is 5.02 Å². The summed E-state index contributed by atoms with van der Waals surface area (Å²) in [6.45, 7) is 9.11. The zero-order chi connectivity index (χ0) is 13.3. The maximum absolute atomic E-state index is 6.09. The van der Waals surface area contributed by atoms with Gasteiger partial charge in [-0.25, -0.2) is 0 Å². The van der Waals surface area contributed by atoms with Crippen molar-refractivity contribution in [3.8, 4) is 0 Å². The molecule has 0 saturated carbocycles. The predicted molar refractivity (Wildman–Crippen MR) is 77.3 cm³/mol. The Kier molecular flexibility index (Phi) is 3.98. The van der Waals surface area contributed by atoms with Crippen molar-refractivity contribution in [2.45, 2.75) is 46.4 Å². The van der Waals surface area contributed by atoms with Crippen LogP contribution in [0, 0.1) is 0 Å². The van der Waals surface area contributed by atoms with Gasteiger partial charge in [0.25, 0.3) is 0 Å². The van der Waals surface area contributed by atoms with E-state index < -0.39 is 0 Å². The molecular formula is C15H20ClNO. The van der Waals surface area contributed by atoms with Gasteiger partial charge in [0.1, 0.15) is 0 Å². The van der Waals surface area contributed by atoms with E-state index in [1.54, 1.807) is 0 Å². The molecule has 0 radical (unpaired) electrons. The number of aromatic nitrogens is 1. The molecule has 0 atom stereocenters. The van der Waals surface area contributed by atoms with Gasteiger partial charge in [0.15, 0.2) is 0 Å². The van der Waals surface area contributed by atoms with E-state index in [0.29, 0.717) is 12.6 Å². The number of hydrogen-bond acceptors (Lipinski definition) is 1. The van der Waals surface area contributed by atoms with Crippen LogP contribution in [0.1, 0.15) is 39.4 Å². The van der Waals surface area contributed by atoms with Gasteiger partial charge >= 0.3 is 0 Å². The predicted octanol–water partition coefficient (Wildman–Crippen LogP) is 4.80. The molecule has 1 heterocycles. The average Bonchev–Trinajstić information content (AvgIpc) is 2.63. The summed E-state index contributed by atoms with van der Waals surface area (Å²) in [6.07, 6.45) is 0.243. The summed E-state index contributed by atoms with van der Waals surface area (Å²) in [5, 5.41) is 1.99. The molecule has 0 fully saturated rings. The Morgan fingerprint density at radius 2 is 1.89 bits per heavy atom. The standard InChI is InChI=1S/C15H20ClNO/c1-10(2)17-14(9-18-11(3)4)7-12-5-6-13(16)8-15(12)17/h5-8,10-11H,9H2,1-4H3. The second-order valence-corrected chi connectivity index (χ2v) is 5.60. The smallest absolute Gasteiger partial charge is 0.0871 e. The normalized spacial score (nSPS) is 11.9. The van der Waals surface area contributed by atoms with Crippen molar-refractivity contribution in [1.29, 1.82) is 0 Å². The average molecular weight is 266 g/mol. The lowest BCUT2D eigenvalue weighted by Gasteiger charge is -2.16. The minimum absolute atomic E-state index is 0.243. The minimum atomic E-state index is 0.243. The van der Waals surface area contributed by atoms with Crippen molar-refractivity contribution in [1.82, 2.24) is 4.57 Å². The van der Waals surface area contributed by atoms with Crippen LogP contribution in [0.5, 0.6) is 0 Å². The van der Waals surface area contributed by atoms with Crippen molar-refractivity contribution in [3.63, 3.8) is 0 Å². The maximum atomic E-state index is 6.09. The van der Waals surface area contributed by atoms with Crippen LogP contribution in [0.4, 0.5) is 0 Å². The summed E-state index contributed by atoms with van der Waals surface area (Å²) in [5.74, 6) is 0. The third-order valence-corrected chi connectivity index (χ3v) is 3.20. The highest BCUT2D eigenvalue weighted by Crippen LogP contribution is 2.27. The van der Waals surface area contributed by atoms with Crippen LogP contribution in [0.3, 0.4) is 0 Å². The fourth-order valence-corrected chi connectivity index (χ4v) is 2.39. The molecule has 3 heteroatoms. The molecular weight excluding hydrogens is 246 g/mol. The molecule has 1 aromatic carbocycles. The van der Waals surface area contributed by atoms with Gasteiger partial charge in [-0.05, 0) is 45.9 Å². The van der Waals surface area contributed by atoms with Crippen LogP contribution in [0.15, 0.2) is 24.3 Å². The zero-order valence-corrected chi connectivity index (χ0v) is 12.2. The molecule has 0 bridgehead atoms. The van der Waals surface area contributed by atoms with Crippen LogP contribution < -0.4 is 0 Å². The second-order valence-electron chi connectivity index (χ2n) is 5.16. The van der Waals surface area contributed by atoms with E-state index in [1.165, 1.54) is 16.6 Å². The number of ether oxygens (including phenoxy) is 1. The number of rotatable bonds is 4. The first kappa shape index (κ1) is 13.4. The van der Waals surface area contributed by atoms with E-state index in [4.69, 9.17) is 16.3 Å². The molecule has 2 nitrogen and oxygen atoms in total. The first-order valence-electron chi connectivity index (χ1n) is 6.40. The van der Waals surface area contributed by atoms with Crippen LogP contribution in [0.2, 0.25) is 5.02 Å². The summed E-state index contributed by atoms with van der Waals surface area (Å²) in [6, 6.07) is 8.60. The van der Waals surface area contributed by atoms with E-state index in [1.807, 2.05) is 12.1 Å². The Morgan fingerprint density at radius 1 is 1.17 bits per heavy atom. The van der Waals surface area contributed by atoms with Gasteiger partial charge in [-0.2, -0.15) is 0 Å². The van der Waals surface area contributed by atoms with E-state index in [2.05, 4.69) is 44.4 Å². The molecule has 2 aromatic rings. The molecule has 18 heavy (non-hydrogen) atoms. The summed E-state index contributed by atoms with van der Waals surface area (Å²) in [4.78, 5) is 0. The topological polar surface area (TPSA) is 14.2 Å². The molecule has 1 aromatic heterocycles. The summed E-state index contributed by atoms with van der Waals surface area (Å²) < 4.78 is 8.02. The molecule has 0 N–H and O–H groups in total. The van der Waals surface area contributed by atoms with Gasteiger partial charge in [-0.15, -0.1) is 0 Å². The number of hydrogen-bond donors (Lipinski definition) is 0. The van der Waals surface area contributed by atoms with Gasteiger partial charge in [-0.1, -0.05) is 17.7 Å². The van der Waals surface area contributed by atoms with Crippen molar-refractivity contribution in [2.24, 2.45) is 0 Å². The van der Waals surface area contributed by atoms with Crippen molar-refractivity contribution in [2.75, 3.05) is 0 Å². The molecule has 0 amide bonds. The minimum Gasteiger partial charge on any atom is -0.373 e. The highest BCUT2D eigenvalue weighted by atomic mass is 35.5. The molecule has 0 aliphatic carbocycles. The van der Waals surface area contributed by atoms with Gasteiger partial charge in [0.05, 0.1) is 18.2 Å². The molecule has 0 aliphatic heterocycles. The number of nitrogens with zero attached hydrogens (tertiary/aromatic N) is 1. The number of fused-ring (bicyclic) bond motifs is 1. The Morgan fingerprint density at radius 3 is 2.50 bits per heavy atom. The van der Waals surface area contributed by atoms with Gasteiger partial charge < -0.3 is 9.30 Å². The highest BCUT2D eigenvalue weighted by Gasteiger charge is 2.12. The molecule has 0 spiro atoms. The zero-order valence-electron chi connectivity index (χ0n) is 11.4. The fourth-order valence-electron chi connectivity index (χ4n) is 2.22. The van der Waals surface area contributed by atoms with Crippen molar-refractivity contribution >= 4 is 22.5 Å². The third kappa shape index (κ3) is 2.70. The summed E-state index contributed by atoms with van der Waals surface area (Å²) in [5.41, 5.74) is 2.39. The SMILES string of the molecule is CC(C)OCc1cc2ccc(Cl)cc2n1C(C)C. The monoisotopic (exact) mass is 265 g/mol. The van der Waals surface area contributed by atoms with E-state index >= 15 is 0 Å². The highest BCUT2D eigenvalue weighted by molar-refractivity contribution is 6.31. The van der Waals surface area contributed by atoms with Crippen molar-refractivity contribution in [3.05, 3.63) is 35.0 Å². The lowest BCUT2D eigenvalue weighted by Crippen LogP contribution is -2.09. The molecule has 0 saturated heterocycles. The van der Waals surface area contributed by atoms with E-state index in [9.17, 15) is 0 Å². The molecule has 98 valence electrons. The van der Waals surface area contributed by atoms with Gasteiger partial charge in [0, 0.05) is 22.1 Å². The Labute approximate surface area is 114 Å². The summed E-state index contributed by atoms with van der Waals surface area (Å²) >= 11 is 6.09. The second kappa shape index (κ2) is 5.33. The number of halogens is 1. The first-order valence-corrected chi connectivity index (χ1v) is 6.78. The van der Waals surface area contributed by atoms with Crippen LogP contribution in [0.25, 0.3) is 10.9 Å². The summed E-state index contributed by atoms with van der Waals surface area (Å²) in [7, 11) is 0. The molecule has 0 aliphatic rings. The molecule has 2 rings (SSSR count). The third-order valence-electron chi connectivity index (χ3n) is 2.96. The molecule has 0 unspecified atom stereocenters. The van der Waals surface area contributed by atoms with Gasteiger partial charge in [-0.3, -0.25) is 0 Å². The van der Waals surface area contributed by atoms with Crippen LogP contribution in [-0.4, -0.2) is 10.7 Å². The van der Waals surface area contributed by atoms with Crippen LogP contribution in [-0.2, 0) is 11.3 Å². The van der Waals surface area contributed by atoms with E-state index in [-0.39, 0.29) is 6.10 Å². The quantitative estimate of drug-likeness (QED) is 0.774.